The maximum Gasteiger partial charge on any atom is 0.303 e. The first kappa shape index (κ1) is 120. The highest BCUT2D eigenvalue weighted by Crippen LogP contribution is 2.26. The Morgan fingerprint density at radius 2 is 0.701 bits per heavy atom. The number of aliphatic carboxylic acids is 1. The molecule has 2 saturated heterocycles. The van der Waals surface area contributed by atoms with Gasteiger partial charge in [-0.15, -0.1) is 0 Å². The number of phenolic OH excluding ortho intramolecular Hbond substituents is 2. The number of primary amides is 5. The van der Waals surface area contributed by atoms with Crippen molar-refractivity contribution in [3.05, 3.63) is 95.6 Å². The molecule has 0 aromatic heterocycles. The van der Waals surface area contributed by atoms with E-state index in [1.54, 1.807) is 70.2 Å². The molecule has 2 aliphatic heterocycles. The highest BCUT2D eigenvalue weighted by molar-refractivity contribution is 6.03. The maximum absolute atomic E-state index is 15.0. The number of hydrogen-bond donors (Lipinski definition) is 26. The third-order valence-corrected chi connectivity index (χ3v) is 24.1. The molecule has 18 atom stereocenters. The molecule has 33 N–H and O–H groups in total. The Hall–Kier alpha value is -14.6. The molecule has 0 radical (unpaired) electrons. The highest BCUT2D eigenvalue weighted by Gasteiger charge is 2.45. The topological polar surface area (TPSA) is 834 Å². The fourth-order valence-electron chi connectivity index (χ4n) is 16.1. The summed E-state index contributed by atoms with van der Waals surface area (Å²) in [5.74, 6) is -24.3. The van der Waals surface area contributed by atoms with Crippen LogP contribution in [0.25, 0.3) is 0 Å². The third-order valence-electron chi connectivity index (χ3n) is 24.1. The molecule has 2 fully saturated rings. The molecule has 5 rings (SSSR count). The first-order chi connectivity index (χ1) is 68.1. The van der Waals surface area contributed by atoms with Crippen molar-refractivity contribution < 1.29 is 131 Å². The van der Waals surface area contributed by atoms with Gasteiger partial charge in [0.2, 0.25) is 124 Å². The van der Waals surface area contributed by atoms with Crippen molar-refractivity contribution in [1.29, 1.82) is 0 Å². The number of rotatable bonds is 64. The number of carboxylic acid groups (broad SMARTS) is 1. The van der Waals surface area contributed by atoms with Crippen molar-refractivity contribution in [1.82, 2.24) is 84.2 Å². The van der Waals surface area contributed by atoms with Crippen molar-refractivity contribution in [3.63, 3.8) is 0 Å². The van der Waals surface area contributed by atoms with Gasteiger partial charge in [0.05, 0.1) is 19.1 Å². The van der Waals surface area contributed by atoms with E-state index in [9.17, 15) is 131 Å². The van der Waals surface area contributed by atoms with Crippen LogP contribution in [0.2, 0.25) is 0 Å². The number of nitrogens with one attached hydrogen (secondary N) is 14. The minimum atomic E-state index is -2.01. The number of hydrogen-bond acceptors (Lipinski definition) is 28. The minimum Gasteiger partial charge on any atom is -0.508 e. The Labute approximate surface area is 831 Å². The van der Waals surface area contributed by atoms with Gasteiger partial charge in [-0.3, -0.25) is 105 Å². The Morgan fingerprint density at radius 1 is 0.375 bits per heavy atom. The zero-order valence-electron chi connectivity index (χ0n) is 81.6. The number of benzene rings is 3. The van der Waals surface area contributed by atoms with E-state index in [-0.39, 0.29) is 114 Å². The number of aromatic hydroxyl groups is 2. The standard InChI is InChI=1S/C94H141N23O27/c1-7-50(4)77(114-89(139)65(102-52(6)120)45-54-23-27-56(121)28-24-54)94(144)117-42-16-22-71(117)92(142)107-59(20-12-14-40-96)80(130)105-63(34-38-76(127)128)83(133)104-60(31-35-72(97)123)82(132)103-58(19-11-13-39-95)81(131)110-67(46-55-25-29-57(122)30-26-55)88(138)113-69(48-118)90(140)111-66(44-53-17-9-8-10-18-53)87(137)109-64(43-49(2)3)86(136)106-61(32-36-73(98)124)84(134)112-68(47-75(100)126)93(143)116-41-15-21-70(116)91(141)108-62(33-37-74(99)125)85(135)115-78(51(5)119)79(101)129/h8-10,17-18,23-30,49-51,58-71,77-78,118-119,121-122H,7,11-16,19-22,31-48,95-96H2,1-6H3,(H2,97,123)(H2,98,124)(H2,99,125)(H2,100,126)(H2,101,129)(H,102,120)(H,103,132)(H,104,133)(H,105,130)(H,106,136)(H,107,142)(H,108,141)(H,109,137)(H,110,131)(H,111,140)(H,112,134)(H,113,138)(H,114,139)(H,115,135)(H,127,128)/t50-,51+,58-,59-,60-,61-,62-,63-,64-,65-,66-,67-,68-,69-,70-,71-,77-,78-/m0/s1. The molecule has 50 nitrogen and oxygen atoms in total. The number of carboxylic acids is 1. The number of phenols is 2. The average Bonchev–Trinajstić information content (AvgIpc) is 1.62. The molecule has 794 valence electrons. The number of likely N-dealkylation sites (tertiary alicyclic amines) is 2. The second-order valence-corrected chi connectivity index (χ2v) is 36.2. The number of carbonyl (C=O) groups is 22. The molecular weight excluding hydrogens is 1880 g/mol. The lowest BCUT2D eigenvalue weighted by Crippen LogP contribution is -2.62. The Balaban J connectivity index is 1.41. The molecule has 0 bridgehead atoms. The average molecular weight is 2030 g/mol. The van der Waals surface area contributed by atoms with E-state index in [4.69, 9.17) is 40.1 Å². The summed E-state index contributed by atoms with van der Waals surface area (Å²) in [4.78, 5) is 307. The van der Waals surface area contributed by atoms with Crippen LogP contribution in [0.1, 0.15) is 193 Å². The fourth-order valence-corrected chi connectivity index (χ4v) is 16.1. The molecule has 21 amide bonds. The minimum absolute atomic E-state index is 0.0307. The van der Waals surface area contributed by atoms with Crippen LogP contribution < -0.4 is 115 Å². The van der Waals surface area contributed by atoms with Crippen LogP contribution in [0.5, 0.6) is 11.5 Å². The van der Waals surface area contributed by atoms with Crippen LogP contribution in [-0.2, 0) is 125 Å². The van der Waals surface area contributed by atoms with Gasteiger partial charge in [0.25, 0.3) is 0 Å². The quantitative estimate of drug-likeness (QED) is 0.0234. The van der Waals surface area contributed by atoms with Gasteiger partial charge >= 0.3 is 5.97 Å². The zero-order valence-corrected chi connectivity index (χ0v) is 81.6. The van der Waals surface area contributed by atoms with Crippen molar-refractivity contribution in [2.75, 3.05) is 32.8 Å². The molecule has 0 unspecified atom stereocenters. The van der Waals surface area contributed by atoms with Gasteiger partial charge in [-0.05, 0) is 169 Å². The summed E-state index contributed by atoms with van der Waals surface area (Å²) in [6.07, 6.45) is -7.14. The van der Waals surface area contributed by atoms with Gasteiger partial charge in [0.15, 0.2) is 0 Å². The SMILES string of the molecule is CC[C@H](C)[C@H](NC(=O)[C@H](Cc1ccc(O)cc1)NC(C)=O)C(=O)N1CCC[C@H]1C(=O)N[C@@H](CCCCN)C(=O)N[C@@H](CCC(=O)O)C(=O)N[C@@H](CCC(N)=O)C(=O)N[C@@H](CCCCN)C(=O)N[C@@H](Cc1ccc(O)cc1)C(=O)N[C@@H](CO)C(=O)N[C@@H](Cc1ccccc1)C(=O)N[C@@H](CC(C)C)C(=O)N[C@@H](CCC(N)=O)C(=O)N[C@@H](CC(N)=O)C(=O)N1CCC[C@H]1C(=O)N[C@@H](CCC(N)=O)C(=O)N[C@H](C(N)=O)[C@@H](C)O. The van der Waals surface area contributed by atoms with Crippen molar-refractivity contribution in [3.8, 4) is 11.5 Å². The van der Waals surface area contributed by atoms with E-state index in [2.05, 4.69) is 74.4 Å². The van der Waals surface area contributed by atoms with Crippen LogP contribution >= 0.6 is 0 Å². The highest BCUT2D eigenvalue weighted by atomic mass is 16.4. The number of nitrogens with two attached hydrogens (primary N) is 7. The predicted molar refractivity (Wildman–Crippen MR) is 515 cm³/mol. The van der Waals surface area contributed by atoms with Gasteiger partial charge in [0.1, 0.15) is 108 Å². The third kappa shape index (κ3) is 40.8. The summed E-state index contributed by atoms with van der Waals surface area (Å²) in [7, 11) is 0. The lowest BCUT2D eigenvalue weighted by atomic mass is 9.96. The summed E-state index contributed by atoms with van der Waals surface area (Å²) in [5, 5.41) is 86.2. The van der Waals surface area contributed by atoms with Crippen molar-refractivity contribution in [2.24, 2.45) is 52.0 Å². The smallest absolute Gasteiger partial charge is 0.303 e. The summed E-state index contributed by atoms with van der Waals surface area (Å²) < 4.78 is 0. The van der Waals surface area contributed by atoms with Crippen molar-refractivity contribution >= 4 is 130 Å². The normalized spacial score (nSPS) is 16.6. The van der Waals surface area contributed by atoms with Crippen LogP contribution in [0.15, 0.2) is 78.9 Å². The number of aliphatic hydroxyl groups excluding tert-OH is 2. The van der Waals surface area contributed by atoms with E-state index in [0.29, 0.717) is 30.4 Å². The van der Waals surface area contributed by atoms with Crippen molar-refractivity contribution in [2.45, 2.75) is 298 Å². The zero-order chi connectivity index (χ0) is 107. The van der Waals surface area contributed by atoms with E-state index < -0.39 is 315 Å². The monoisotopic (exact) mass is 2020 g/mol. The predicted octanol–water partition coefficient (Wildman–Crippen LogP) is -7.34. The van der Waals surface area contributed by atoms with Crippen LogP contribution in [-0.4, -0.2) is 301 Å². The maximum atomic E-state index is 15.0. The van der Waals surface area contributed by atoms with Gasteiger partial charge < -0.3 is 150 Å². The molecule has 0 saturated carbocycles. The summed E-state index contributed by atoms with van der Waals surface area (Å²) in [6.45, 7) is 7.91. The first-order valence-electron chi connectivity index (χ1n) is 47.8. The summed E-state index contributed by atoms with van der Waals surface area (Å²) in [5.41, 5.74) is 40.3. The lowest BCUT2D eigenvalue weighted by molar-refractivity contribution is -0.143. The van der Waals surface area contributed by atoms with Crippen LogP contribution in [0.4, 0.5) is 0 Å². The van der Waals surface area contributed by atoms with Gasteiger partial charge in [-0.2, -0.15) is 0 Å². The van der Waals surface area contributed by atoms with E-state index in [1.165, 1.54) is 48.2 Å². The number of unbranched alkanes of at least 4 members (excludes halogenated alkanes) is 2. The molecule has 0 spiro atoms. The largest absolute Gasteiger partial charge is 0.508 e. The number of nitrogens with zero attached hydrogens (tertiary/aromatic N) is 2. The number of carbonyl (C=O) groups excluding carboxylic acids is 21. The van der Waals surface area contributed by atoms with Gasteiger partial charge in [0, 0.05) is 65.0 Å². The Bertz CT molecular complexity index is 4940. The van der Waals surface area contributed by atoms with Gasteiger partial charge in [-0.25, -0.2) is 0 Å². The molecule has 3 aromatic rings. The first-order valence-corrected chi connectivity index (χ1v) is 47.8. The van der Waals surface area contributed by atoms with Gasteiger partial charge in [-0.1, -0.05) is 88.7 Å². The lowest BCUT2D eigenvalue weighted by Gasteiger charge is -2.33. The molecular formula is C94H141N23O27. The molecule has 2 heterocycles. The van der Waals surface area contributed by atoms with Crippen LogP contribution in [0, 0.1) is 11.8 Å². The second kappa shape index (κ2) is 60.7. The number of amides is 21. The Kier molecular flexibility index (Phi) is 50.5. The van der Waals surface area contributed by atoms with Crippen LogP contribution in [0.3, 0.4) is 0 Å². The van der Waals surface area contributed by atoms with E-state index in [0.717, 1.165) is 11.8 Å². The molecule has 2 aliphatic rings. The summed E-state index contributed by atoms with van der Waals surface area (Å²) >= 11 is 0. The van der Waals surface area contributed by atoms with E-state index in [1.807, 2.05) is 0 Å². The molecule has 3 aromatic carbocycles. The molecule has 0 aliphatic carbocycles. The second-order valence-electron chi connectivity index (χ2n) is 36.2. The van der Waals surface area contributed by atoms with E-state index >= 15 is 0 Å². The summed E-state index contributed by atoms with van der Waals surface area (Å²) in [6, 6.07) is -7.09. The number of aliphatic hydroxyl groups is 2. The fraction of sp³-hybridized carbons (Fsp3) is 0.574. The Morgan fingerprint density at radius 3 is 1.08 bits per heavy atom. The molecule has 50 heteroatoms. The molecule has 144 heavy (non-hydrogen) atoms.